The normalized spacial score (nSPS) is 11.9. The van der Waals surface area contributed by atoms with E-state index in [2.05, 4.69) is 5.32 Å². The van der Waals surface area contributed by atoms with Crippen LogP contribution in [0.2, 0.25) is 0 Å². The van der Waals surface area contributed by atoms with Crippen molar-refractivity contribution in [1.82, 2.24) is 5.32 Å². The first-order valence-corrected chi connectivity index (χ1v) is 7.37. The lowest BCUT2D eigenvalue weighted by Crippen LogP contribution is -2.33. The molecule has 0 saturated carbocycles. The standard InChI is InChI=1S/C14H19NO3S/c1-3-10(2)15-13(16)9-19-8-11-5-4-6-12(7-11)14(17)18/h4-7,10H,3,8-9H2,1-2H3,(H,15,16)(H,17,18). The number of rotatable bonds is 7. The van der Waals surface area contributed by atoms with E-state index >= 15 is 0 Å². The highest BCUT2D eigenvalue weighted by atomic mass is 32.2. The Balaban J connectivity index is 2.39. The fourth-order valence-electron chi connectivity index (χ4n) is 1.47. The second-order valence-electron chi connectivity index (χ2n) is 4.38. The number of thioether (sulfide) groups is 1. The molecule has 0 aliphatic rings. The van der Waals surface area contributed by atoms with Gasteiger partial charge in [-0.2, -0.15) is 0 Å². The molecule has 0 saturated heterocycles. The molecular formula is C14H19NO3S. The number of amides is 1. The van der Waals surface area contributed by atoms with Gasteiger partial charge in [0.05, 0.1) is 11.3 Å². The second kappa shape index (κ2) is 7.84. The maximum Gasteiger partial charge on any atom is 0.335 e. The second-order valence-corrected chi connectivity index (χ2v) is 5.36. The first-order chi connectivity index (χ1) is 9.02. The Labute approximate surface area is 117 Å². The van der Waals surface area contributed by atoms with Crippen LogP contribution in [0, 0.1) is 0 Å². The summed E-state index contributed by atoms with van der Waals surface area (Å²) < 4.78 is 0. The average Bonchev–Trinajstić information content (AvgIpc) is 2.38. The van der Waals surface area contributed by atoms with Crippen LogP contribution in [0.25, 0.3) is 0 Å². The molecule has 1 aromatic carbocycles. The van der Waals surface area contributed by atoms with Crippen molar-refractivity contribution >= 4 is 23.6 Å². The summed E-state index contributed by atoms with van der Waals surface area (Å²) in [4.78, 5) is 22.4. The summed E-state index contributed by atoms with van der Waals surface area (Å²) in [6.07, 6.45) is 0.914. The van der Waals surface area contributed by atoms with Crippen LogP contribution in [0.5, 0.6) is 0 Å². The van der Waals surface area contributed by atoms with E-state index in [0.717, 1.165) is 12.0 Å². The summed E-state index contributed by atoms with van der Waals surface area (Å²) in [5, 5.41) is 11.8. The molecule has 19 heavy (non-hydrogen) atoms. The van der Waals surface area contributed by atoms with Gasteiger partial charge in [-0.1, -0.05) is 19.1 Å². The SMILES string of the molecule is CCC(C)NC(=O)CSCc1cccc(C(=O)O)c1. The van der Waals surface area contributed by atoms with Crippen molar-refractivity contribution in [2.75, 3.05) is 5.75 Å². The Hall–Kier alpha value is -1.49. The molecule has 0 spiro atoms. The summed E-state index contributed by atoms with van der Waals surface area (Å²) in [5.41, 5.74) is 1.20. The van der Waals surface area contributed by atoms with E-state index in [1.807, 2.05) is 19.9 Å². The van der Waals surface area contributed by atoms with Crippen LogP contribution in [-0.4, -0.2) is 28.8 Å². The Morgan fingerprint density at radius 2 is 2.16 bits per heavy atom. The lowest BCUT2D eigenvalue weighted by atomic mass is 10.1. The number of benzene rings is 1. The molecule has 1 aromatic rings. The van der Waals surface area contributed by atoms with Crippen LogP contribution in [0.15, 0.2) is 24.3 Å². The van der Waals surface area contributed by atoms with E-state index in [9.17, 15) is 9.59 Å². The van der Waals surface area contributed by atoms with Gasteiger partial charge in [0.1, 0.15) is 0 Å². The number of carboxylic acid groups (broad SMARTS) is 1. The number of aromatic carboxylic acids is 1. The molecule has 104 valence electrons. The van der Waals surface area contributed by atoms with Crippen LogP contribution < -0.4 is 5.32 Å². The zero-order valence-electron chi connectivity index (χ0n) is 11.2. The number of hydrogen-bond donors (Lipinski definition) is 2. The minimum atomic E-state index is -0.929. The Morgan fingerprint density at radius 3 is 2.79 bits per heavy atom. The smallest absolute Gasteiger partial charge is 0.335 e. The zero-order chi connectivity index (χ0) is 14.3. The molecule has 1 rings (SSSR count). The van der Waals surface area contributed by atoms with Gasteiger partial charge in [0.2, 0.25) is 5.91 Å². The van der Waals surface area contributed by atoms with Gasteiger partial charge in [0.15, 0.2) is 0 Å². The number of hydrogen-bond acceptors (Lipinski definition) is 3. The van der Waals surface area contributed by atoms with Crippen LogP contribution in [0.3, 0.4) is 0 Å². The minimum absolute atomic E-state index is 0.0220. The number of nitrogens with one attached hydrogen (secondary N) is 1. The van der Waals surface area contributed by atoms with Gasteiger partial charge >= 0.3 is 5.97 Å². The van der Waals surface area contributed by atoms with Gasteiger partial charge in [0, 0.05) is 11.8 Å². The number of carbonyl (C=O) groups excluding carboxylic acids is 1. The van der Waals surface area contributed by atoms with Gasteiger partial charge in [-0.15, -0.1) is 11.8 Å². The van der Waals surface area contributed by atoms with Gasteiger partial charge in [-0.3, -0.25) is 4.79 Å². The van der Waals surface area contributed by atoms with Crippen LogP contribution >= 0.6 is 11.8 Å². The number of carboxylic acids is 1. The van der Waals surface area contributed by atoms with Crippen molar-refractivity contribution in [2.24, 2.45) is 0 Å². The maximum atomic E-state index is 11.6. The van der Waals surface area contributed by atoms with Crippen molar-refractivity contribution in [3.8, 4) is 0 Å². The topological polar surface area (TPSA) is 66.4 Å². The van der Waals surface area contributed by atoms with E-state index in [1.165, 1.54) is 11.8 Å². The van der Waals surface area contributed by atoms with Crippen molar-refractivity contribution < 1.29 is 14.7 Å². The largest absolute Gasteiger partial charge is 0.478 e. The lowest BCUT2D eigenvalue weighted by Gasteiger charge is -2.10. The summed E-state index contributed by atoms with van der Waals surface area (Å²) in [7, 11) is 0. The van der Waals surface area contributed by atoms with Gasteiger partial charge in [-0.05, 0) is 31.0 Å². The first-order valence-electron chi connectivity index (χ1n) is 6.22. The third-order valence-electron chi connectivity index (χ3n) is 2.70. The van der Waals surface area contributed by atoms with Gasteiger partial charge in [-0.25, -0.2) is 4.79 Å². The van der Waals surface area contributed by atoms with Gasteiger partial charge in [0.25, 0.3) is 0 Å². The van der Waals surface area contributed by atoms with E-state index < -0.39 is 5.97 Å². The molecule has 4 nitrogen and oxygen atoms in total. The summed E-state index contributed by atoms with van der Waals surface area (Å²) in [5.74, 6) is 0.117. The lowest BCUT2D eigenvalue weighted by molar-refractivity contribution is -0.119. The first kappa shape index (κ1) is 15.6. The minimum Gasteiger partial charge on any atom is -0.478 e. The predicted molar refractivity (Wildman–Crippen MR) is 77.5 cm³/mol. The molecule has 1 unspecified atom stereocenters. The summed E-state index contributed by atoms with van der Waals surface area (Å²) >= 11 is 1.48. The third-order valence-corrected chi connectivity index (χ3v) is 3.70. The quantitative estimate of drug-likeness (QED) is 0.806. The highest BCUT2D eigenvalue weighted by Gasteiger charge is 2.07. The van der Waals surface area contributed by atoms with Crippen LogP contribution in [0.4, 0.5) is 0 Å². The highest BCUT2D eigenvalue weighted by Crippen LogP contribution is 2.13. The van der Waals surface area contributed by atoms with Crippen LogP contribution in [0.1, 0.15) is 36.2 Å². The molecule has 2 N–H and O–H groups in total. The Morgan fingerprint density at radius 1 is 1.42 bits per heavy atom. The fourth-order valence-corrected chi connectivity index (χ4v) is 2.26. The molecule has 0 bridgehead atoms. The summed E-state index contributed by atoms with van der Waals surface area (Å²) in [6, 6.07) is 6.99. The molecule has 0 heterocycles. The van der Waals surface area contributed by atoms with Crippen molar-refractivity contribution in [3.63, 3.8) is 0 Å². The molecule has 5 heteroatoms. The predicted octanol–water partition coefficient (Wildman–Crippen LogP) is 2.53. The van der Waals surface area contributed by atoms with Crippen LogP contribution in [-0.2, 0) is 10.5 Å². The molecule has 0 radical (unpaired) electrons. The Bertz CT molecular complexity index is 448. The van der Waals surface area contributed by atoms with Crippen molar-refractivity contribution in [1.29, 1.82) is 0 Å². The van der Waals surface area contributed by atoms with Crippen molar-refractivity contribution in [2.45, 2.75) is 32.1 Å². The molecule has 0 aromatic heterocycles. The molecule has 0 aliphatic heterocycles. The monoisotopic (exact) mass is 281 g/mol. The molecule has 0 fully saturated rings. The maximum absolute atomic E-state index is 11.6. The van der Waals surface area contributed by atoms with E-state index in [0.29, 0.717) is 11.5 Å². The van der Waals surface area contributed by atoms with E-state index in [1.54, 1.807) is 18.2 Å². The highest BCUT2D eigenvalue weighted by molar-refractivity contribution is 7.99. The molecular weight excluding hydrogens is 262 g/mol. The molecule has 1 atom stereocenters. The number of carbonyl (C=O) groups is 2. The van der Waals surface area contributed by atoms with E-state index in [4.69, 9.17) is 5.11 Å². The van der Waals surface area contributed by atoms with E-state index in [-0.39, 0.29) is 17.5 Å². The average molecular weight is 281 g/mol. The van der Waals surface area contributed by atoms with Gasteiger partial charge < -0.3 is 10.4 Å². The third kappa shape index (κ3) is 5.79. The van der Waals surface area contributed by atoms with Crippen molar-refractivity contribution in [3.05, 3.63) is 35.4 Å². The summed E-state index contributed by atoms with van der Waals surface area (Å²) in [6.45, 7) is 3.99. The zero-order valence-corrected chi connectivity index (χ0v) is 12.0. The Kier molecular flexibility index (Phi) is 6.42. The fraction of sp³-hybridized carbons (Fsp3) is 0.429. The molecule has 1 amide bonds. The molecule has 0 aliphatic carbocycles.